The molecule has 21 heavy (non-hydrogen) atoms. The van der Waals surface area contributed by atoms with Gasteiger partial charge in [0.2, 0.25) is 0 Å². The van der Waals surface area contributed by atoms with E-state index in [0.29, 0.717) is 0 Å². The summed E-state index contributed by atoms with van der Waals surface area (Å²) < 4.78 is 61.5. The Hall–Kier alpha value is -2.44. The van der Waals surface area contributed by atoms with Gasteiger partial charge in [0.05, 0.1) is 18.4 Å². The van der Waals surface area contributed by atoms with Crippen LogP contribution < -0.4 is 15.2 Å². The predicted molar refractivity (Wildman–Crippen MR) is 68.9 cm³/mol. The van der Waals surface area contributed by atoms with Gasteiger partial charge in [-0.25, -0.2) is 4.39 Å². The first kappa shape index (κ1) is 15.0. The minimum absolute atomic E-state index is 0.0615. The molecule has 0 spiro atoms. The number of methoxy groups -OCH3 is 1. The molecular weight excluding hydrogens is 290 g/mol. The Morgan fingerprint density at radius 1 is 1.05 bits per heavy atom. The van der Waals surface area contributed by atoms with Gasteiger partial charge in [-0.15, -0.1) is 0 Å². The molecule has 0 saturated heterocycles. The first-order valence-electron chi connectivity index (χ1n) is 5.79. The van der Waals surface area contributed by atoms with Crippen LogP contribution in [0.1, 0.15) is 5.56 Å². The number of anilines is 1. The third-order valence-electron chi connectivity index (χ3n) is 2.67. The molecule has 0 aliphatic heterocycles. The minimum Gasteiger partial charge on any atom is -0.494 e. The Morgan fingerprint density at radius 3 is 2.38 bits per heavy atom. The summed E-state index contributed by atoms with van der Waals surface area (Å²) in [4.78, 5) is 0. The van der Waals surface area contributed by atoms with Crippen LogP contribution >= 0.6 is 0 Å². The topological polar surface area (TPSA) is 44.5 Å². The Morgan fingerprint density at radius 2 is 1.76 bits per heavy atom. The highest BCUT2D eigenvalue weighted by molar-refractivity contribution is 5.56. The predicted octanol–water partition coefficient (Wildman–Crippen LogP) is 4.23. The van der Waals surface area contributed by atoms with Crippen molar-refractivity contribution in [2.45, 2.75) is 6.18 Å². The van der Waals surface area contributed by atoms with Crippen molar-refractivity contribution in [3.8, 4) is 17.2 Å². The molecule has 112 valence electrons. The lowest BCUT2D eigenvalue weighted by atomic mass is 10.2. The monoisotopic (exact) mass is 301 g/mol. The van der Waals surface area contributed by atoms with Gasteiger partial charge >= 0.3 is 6.18 Å². The summed E-state index contributed by atoms with van der Waals surface area (Å²) in [5, 5.41) is 0. The summed E-state index contributed by atoms with van der Waals surface area (Å²) in [6.07, 6.45) is -4.50. The largest absolute Gasteiger partial charge is 0.494 e. The van der Waals surface area contributed by atoms with Crippen molar-refractivity contribution in [3.63, 3.8) is 0 Å². The molecular formula is C14H11F4NO2. The number of rotatable bonds is 3. The van der Waals surface area contributed by atoms with Crippen LogP contribution in [0.15, 0.2) is 36.4 Å². The Kier molecular flexibility index (Phi) is 3.93. The first-order chi connectivity index (χ1) is 9.81. The summed E-state index contributed by atoms with van der Waals surface area (Å²) >= 11 is 0. The molecule has 0 fully saturated rings. The standard InChI is InChI=1S/C14H11F4NO2/c1-20-13-7-12(10(15)6-11(13)19)21-9-4-2-3-8(5-9)14(16,17)18/h2-7H,19H2,1H3. The zero-order valence-corrected chi connectivity index (χ0v) is 10.9. The Labute approximate surface area is 117 Å². The third-order valence-corrected chi connectivity index (χ3v) is 2.67. The van der Waals surface area contributed by atoms with Crippen molar-refractivity contribution in [1.82, 2.24) is 0 Å². The van der Waals surface area contributed by atoms with Crippen LogP contribution in [0.4, 0.5) is 23.2 Å². The lowest BCUT2D eigenvalue weighted by molar-refractivity contribution is -0.137. The lowest BCUT2D eigenvalue weighted by Crippen LogP contribution is -2.04. The molecule has 0 aliphatic carbocycles. The van der Waals surface area contributed by atoms with E-state index in [9.17, 15) is 17.6 Å². The van der Waals surface area contributed by atoms with Gasteiger partial charge in [0, 0.05) is 12.1 Å². The van der Waals surface area contributed by atoms with E-state index in [0.717, 1.165) is 18.2 Å². The number of nitrogen functional groups attached to an aromatic ring is 1. The maximum atomic E-state index is 13.7. The summed E-state index contributed by atoms with van der Waals surface area (Å²) in [6.45, 7) is 0. The van der Waals surface area contributed by atoms with Crippen molar-refractivity contribution >= 4 is 5.69 Å². The number of hydrogen-bond donors (Lipinski definition) is 1. The molecule has 2 aromatic carbocycles. The van der Waals surface area contributed by atoms with E-state index in [-0.39, 0.29) is 22.9 Å². The Balaban J connectivity index is 2.34. The van der Waals surface area contributed by atoms with Crippen LogP contribution in [0.5, 0.6) is 17.2 Å². The molecule has 0 amide bonds. The second-order valence-electron chi connectivity index (χ2n) is 4.15. The zero-order valence-electron chi connectivity index (χ0n) is 10.9. The van der Waals surface area contributed by atoms with Gasteiger partial charge in [0.25, 0.3) is 0 Å². The first-order valence-corrected chi connectivity index (χ1v) is 5.79. The average molecular weight is 301 g/mol. The molecule has 3 nitrogen and oxygen atoms in total. The van der Waals surface area contributed by atoms with Crippen LogP contribution in [0, 0.1) is 5.82 Å². The Bertz CT molecular complexity index is 656. The molecule has 0 radical (unpaired) electrons. The fourth-order valence-electron chi connectivity index (χ4n) is 1.67. The van der Waals surface area contributed by atoms with Crippen molar-refractivity contribution in [1.29, 1.82) is 0 Å². The van der Waals surface area contributed by atoms with Crippen molar-refractivity contribution in [2.75, 3.05) is 12.8 Å². The van der Waals surface area contributed by atoms with Gasteiger partial charge in [0.15, 0.2) is 11.6 Å². The van der Waals surface area contributed by atoms with E-state index in [1.54, 1.807) is 0 Å². The summed E-state index contributed by atoms with van der Waals surface area (Å²) in [7, 11) is 1.33. The molecule has 0 unspecified atom stereocenters. The number of nitrogens with two attached hydrogens (primary N) is 1. The van der Waals surface area contributed by atoms with E-state index >= 15 is 0 Å². The fourth-order valence-corrected chi connectivity index (χ4v) is 1.67. The molecule has 0 bridgehead atoms. The fraction of sp³-hybridized carbons (Fsp3) is 0.143. The molecule has 0 saturated carbocycles. The van der Waals surface area contributed by atoms with Crippen molar-refractivity contribution in [2.24, 2.45) is 0 Å². The molecule has 2 rings (SSSR count). The second kappa shape index (κ2) is 5.51. The van der Waals surface area contributed by atoms with E-state index < -0.39 is 17.6 Å². The van der Waals surface area contributed by atoms with Gasteiger partial charge in [-0.3, -0.25) is 0 Å². The zero-order chi connectivity index (χ0) is 15.6. The SMILES string of the molecule is COc1cc(Oc2cccc(C(F)(F)F)c2)c(F)cc1N. The van der Waals surface area contributed by atoms with Gasteiger partial charge < -0.3 is 15.2 Å². The quantitative estimate of drug-likeness (QED) is 0.681. The van der Waals surface area contributed by atoms with Gasteiger partial charge in [-0.1, -0.05) is 6.07 Å². The van der Waals surface area contributed by atoms with Crippen LogP contribution in [0.3, 0.4) is 0 Å². The highest BCUT2D eigenvalue weighted by atomic mass is 19.4. The number of ether oxygens (including phenoxy) is 2. The van der Waals surface area contributed by atoms with Crippen molar-refractivity contribution < 1.29 is 27.0 Å². The lowest BCUT2D eigenvalue weighted by Gasteiger charge is -2.12. The second-order valence-corrected chi connectivity index (χ2v) is 4.15. The summed E-state index contributed by atoms with van der Waals surface area (Å²) in [5.74, 6) is -1.06. The summed E-state index contributed by atoms with van der Waals surface area (Å²) in [6, 6.07) is 6.28. The highest BCUT2D eigenvalue weighted by Gasteiger charge is 2.30. The summed E-state index contributed by atoms with van der Waals surface area (Å²) in [5.41, 5.74) is 4.68. The van der Waals surface area contributed by atoms with Gasteiger partial charge in [-0.05, 0) is 18.2 Å². The highest BCUT2D eigenvalue weighted by Crippen LogP contribution is 2.35. The van der Waals surface area contributed by atoms with E-state index in [1.165, 1.54) is 25.3 Å². The molecule has 0 aromatic heterocycles. The van der Waals surface area contributed by atoms with E-state index in [1.807, 2.05) is 0 Å². The maximum absolute atomic E-state index is 13.7. The van der Waals surface area contributed by atoms with Gasteiger partial charge in [0.1, 0.15) is 11.5 Å². The number of alkyl halides is 3. The van der Waals surface area contributed by atoms with Crippen LogP contribution in [0.2, 0.25) is 0 Å². The maximum Gasteiger partial charge on any atom is 0.416 e. The molecule has 0 aliphatic rings. The number of halogens is 4. The molecule has 2 N–H and O–H groups in total. The van der Waals surface area contributed by atoms with Crippen molar-refractivity contribution in [3.05, 3.63) is 47.8 Å². The average Bonchev–Trinajstić information content (AvgIpc) is 2.41. The number of benzene rings is 2. The smallest absolute Gasteiger partial charge is 0.416 e. The normalized spacial score (nSPS) is 11.3. The van der Waals surface area contributed by atoms with Crippen LogP contribution in [-0.2, 0) is 6.18 Å². The van der Waals surface area contributed by atoms with Crippen LogP contribution in [-0.4, -0.2) is 7.11 Å². The van der Waals surface area contributed by atoms with E-state index in [2.05, 4.69) is 0 Å². The minimum atomic E-state index is -4.50. The van der Waals surface area contributed by atoms with E-state index in [4.69, 9.17) is 15.2 Å². The molecule has 0 heterocycles. The van der Waals surface area contributed by atoms with Gasteiger partial charge in [-0.2, -0.15) is 13.2 Å². The molecule has 7 heteroatoms. The molecule has 0 atom stereocenters. The molecule has 2 aromatic rings. The van der Waals surface area contributed by atoms with Crippen LogP contribution in [0.25, 0.3) is 0 Å². The number of hydrogen-bond acceptors (Lipinski definition) is 3. The third kappa shape index (κ3) is 3.36.